The van der Waals surface area contributed by atoms with Gasteiger partial charge in [-0.05, 0) is 38.0 Å². The van der Waals surface area contributed by atoms with Crippen molar-refractivity contribution in [2.45, 2.75) is 25.4 Å². The summed E-state index contributed by atoms with van der Waals surface area (Å²) in [6, 6.07) is 4.25. The summed E-state index contributed by atoms with van der Waals surface area (Å²) >= 11 is 0. The Labute approximate surface area is 118 Å². The number of carbonyl (C=O) groups excluding carboxylic acids is 1. The molecule has 0 saturated carbocycles. The van der Waals surface area contributed by atoms with Gasteiger partial charge in [-0.2, -0.15) is 0 Å². The van der Waals surface area contributed by atoms with Crippen molar-refractivity contribution in [3.63, 3.8) is 0 Å². The van der Waals surface area contributed by atoms with Crippen LogP contribution in [0.25, 0.3) is 0 Å². The molecule has 1 fully saturated rings. The molecule has 1 heterocycles. The van der Waals surface area contributed by atoms with Crippen molar-refractivity contribution in [1.29, 1.82) is 0 Å². The van der Waals surface area contributed by atoms with Gasteiger partial charge in [0.05, 0.1) is 19.3 Å². The summed E-state index contributed by atoms with van der Waals surface area (Å²) in [4.78, 5) is 14.1. The Bertz CT molecular complexity index is 492. The molecule has 0 spiro atoms. The van der Waals surface area contributed by atoms with E-state index in [1.807, 2.05) is 11.8 Å². The van der Waals surface area contributed by atoms with Crippen molar-refractivity contribution in [3.05, 3.63) is 29.6 Å². The quantitative estimate of drug-likeness (QED) is 0.856. The molecular formula is C15H20FNO3. The highest BCUT2D eigenvalue weighted by atomic mass is 19.1. The van der Waals surface area contributed by atoms with Crippen LogP contribution in [-0.4, -0.2) is 48.1 Å². The molecule has 0 amide bonds. The minimum atomic E-state index is -0.633. The smallest absolute Gasteiger partial charge is 0.176 e. The van der Waals surface area contributed by atoms with Gasteiger partial charge in [-0.15, -0.1) is 0 Å². The van der Waals surface area contributed by atoms with Gasteiger partial charge in [0.15, 0.2) is 17.3 Å². The number of nitrogens with zero attached hydrogens (tertiary/aromatic N) is 1. The molecule has 20 heavy (non-hydrogen) atoms. The lowest BCUT2D eigenvalue weighted by molar-refractivity contribution is -0.00420. The van der Waals surface area contributed by atoms with Gasteiger partial charge in [-0.25, -0.2) is 4.39 Å². The van der Waals surface area contributed by atoms with Gasteiger partial charge in [0.2, 0.25) is 0 Å². The third-order valence-corrected chi connectivity index (χ3v) is 3.77. The number of rotatable bonds is 4. The second kappa shape index (κ2) is 5.89. The van der Waals surface area contributed by atoms with E-state index in [0.29, 0.717) is 31.5 Å². The molecule has 0 atom stereocenters. The van der Waals surface area contributed by atoms with Gasteiger partial charge in [-0.3, -0.25) is 9.69 Å². The van der Waals surface area contributed by atoms with Gasteiger partial charge in [0, 0.05) is 18.7 Å². The first kappa shape index (κ1) is 14.9. The molecule has 2 rings (SSSR count). The van der Waals surface area contributed by atoms with Crippen molar-refractivity contribution in [2.24, 2.45) is 0 Å². The first-order valence-corrected chi connectivity index (χ1v) is 6.73. The van der Waals surface area contributed by atoms with Gasteiger partial charge >= 0.3 is 0 Å². The minimum Gasteiger partial charge on any atom is -0.494 e. The molecule has 1 aliphatic heterocycles. The molecule has 0 bridgehead atoms. The van der Waals surface area contributed by atoms with Crippen LogP contribution in [0.1, 0.15) is 30.1 Å². The molecule has 0 aromatic heterocycles. The van der Waals surface area contributed by atoms with Crippen molar-refractivity contribution in [1.82, 2.24) is 4.90 Å². The molecule has 1 saturated heterocycles. The lowest BCUT2D eigenvalue weighted by Gasteiger charge is -2.35. The normalized spacial score (nSPS) is 18.8. The molecule has 1 N–H and O–H groups in total. The molecule has 5 heteroatoms. The number of aliphatic hydroxyl groups is 1. The average molecular weight is 281 g/mol. The maximum absolute atomic E-state index is 13.6. The Kier molecular flexibility index (Phi) is 4.40. The monoisotopic (exact) mass is 281 g/mol. The van der Waals surface area contributed by atoms with E-state index >= 15 is 0 Å². The van der Waals surface area contributed by atoms with E-state index < -0.39 is 11.4 Å². The maximum atomic E-state index is 13.6. The summed E-state index contributed by atoms with van der Waals surface area (Å²) in [5, 5.41) is 9.86. The molecule has 4 nitrogen and oxygen atoms in total. The zero-order valence-corrected chi connectivity index (χ0v) is 11.9. The Morgan fingerprint density at radius 3 is 2.65 bits per heavy atom. The zero-order valence-electron chi connectivity index (χ0n) is 11.9. The van der Waals surface area contributed by atoms with Crippen LogP contribution in [-0.2, 0) is 0 Å². The lowest BCUT2D eigenvalue weighted by Crippen LogP contribution is -2.44. The molecule has 0 unspecified atom stereocenters. The van der Waals surface area contributed by atoms with E-state index in [4.69, 9.17) is 4.74 Å². The van der Waals surface area contributed by atoms with Crippen LogP contribution >= 0.6 is 0 Å². The van der Waals surface area contributed by atoms with E-state index in [0.717, 1.165) is 0 Å². The first-order chi connectivity index (χ1) is 9.41. The van der Waals surface area contributed by atoms with Crippen LogP contribution < -0.4 is 4.74 Å². The molecule has 1 aromatic carbocycles. The number of ether oxygens (including phenoxy) is 1. The topological polar surface area (TPSA) is 49.8 Å². The number of Topliss-reactive ketones (excluding diaryl/α,β-unsaturated/α-hetero) is 1. The average Bonchev–Trinajstić information content (AvgIpc) is 2.41. The third-order valence-electron chi connectivity index (χ3n) is 3.77. The number of hydrogen-bond acceptors (Lipinski definition) is 4. The fourth-order valence-electron chi connectivity index (χ4n) is 2.33. The summed E-state index contributed by atoms with van der Waals surface area (Å²) in [5.41, 5.74) is -0.285. The first-order valence-electron chi connectivity index (χ1n) is 6.73. The van der Waals surface area contributed by atoms with Crippen LogP contribution in [0.2, 0.25) is 0 Å². The van der Waals surface area contributed by atoms with Crippen LogP contribution in [0.3, 0.4) is 0 Å². The predicted octanol–water partition coefficient (Wildman–Crippen LogP) is 1.86. The molecule has 110 valence electrons. The summed E-state index contributed by atoms with van der Waals surface area (Å²) in [6.07, 6.45) is 1.30. The SMILES string of the molecule is COc1ccc(C(=O)CN2CCC(C)(O)CC2)cc1F. The number of halogens is 1. The van der Waals surface area contributed by atoms with Crippen molar-refractivity contribution >= 4 is 5.78 Å². The molecule has 1 aromatic rings. The number of methoxy groups -OCH3 is 1. The van der Waals surface area contributed by atoms with Gasteiger partial charge in [0.25, 0.3) is 0 Å². The number of piperidine rings is 1. The molecule has 0 radical (unpaired) electrons. The van der Waals surface area contributed by atoms with Gasteiger partial charge in [0.1, 0.15) is 0 Å². The highest BCUT2D eigenvalue weighted by molar-refractivity contribution is 5.97. The second-order valence-corrected chi connectivity index (χ2v) is 5.55. The minimum absolute atomic E-state index is 0.118. The van der Waals surface area contributed by atoms with E-state index in [1.165, 1.54) is 19.2 Å². The standard InChI is InChI=1S/C15H20FNO3/c1-15(19)5-7-17(8-6-15)10-13(18)11-3-4-14(20-2)12(16)9-11/h3-4,9,19H,5-8,10H2,1-2H3. The van der Waals surface area contributed by atoms with Gasteiger partial charge < -0.3 is 9.84 Å². The van der Waals surface area contributed by atoms with Crippen molar-refractivity contribution < 1.29 is 19.0 Å². The molecule has 1 aliphatic rings. The molecule has 0 aliphatic carbocycles. The van der Waals surface area contributed by atoms with E-state index in [2.05, 4.69) is 0 Å². The second-order valence-electron chi connectivity index (χ2n) is 5.55. The van der Waals surface area contributed by atoms with Crippen molar-refractivity contribution in [3.8, 4) is 5.75 Å². The zero-order chi connectivity index (χ0) is 14.8. The van der Waals surface area contributed by atoms with E-state index in [9.17, 15) is 14.3 Å². The Morgan fingerprint density at radius 2 is 2.10 bits per heavy atom. The predicted molar refractivity (Wildman–Crippen MR) is 73.6 cm³/mol. The van der Waals surface area contributed by atoms with Crippen LogP contribution in [0.4, 0.5) is 4.39 Å². The summed E-state index contributed by atoms with van der Waals surface area (Å²) in [5.74, 6) is -0.511. The van der Waals surface area contributed by atoms with Crippen LogP contribution in [0, 0.1) is 5.82 Å². The number of benzene rings is 1. The lowest BCUT2D eigenvalue weighted by atomic mass is 9.93. The number of carbonyl (C=O) groups is 1. The summed E-state index contributed by atoms with van der Waals surface area (Å²) in [6.45, 7) is 3.42. The summed E-state index contributed by atoms with van der Waals surface area (Å²) in [7, 11) is 1.39. The van der Waals surface area contributed by atoms with Crippen molar-refractivity contribution in [2.75, 3.05) is 26.7 Å². The Balaban J connectivity index is 1.97. The Morgan fingerprint density at radius 1 is 1.45 bits per heavy atom. The van der Waals surface area contributed by atoms with Crippen LogP contribution in [0.5, 0.6) is 5.75 Å². The van der Waals surface area contributed by atoms with E-state index in [-0.39, 0.29) is 18.1 Å². The summed E-state index contributed by atoms with van der Waals surface area (Å²) < 4.78 is 18.4. The maximum Gasteiger partial charge on any atom is 0.176 e. The Hall–Kier alpha value is -1.46. The fourth-order valence-corrected chi connectivity index (χ4v) is 2.33. The van der Waals surface area contributed by atoms with E-state index in [1.54, 1.807) is 6.07 Å². The highest BCUT2D eigenvalue weighted by Crippen LogP contribution is 2.22. The number of hydrogen-bond donors (Lipinski definition) is 1. The number of ketones is 1. The fraction of sp³-hybridized carbons (Fsp3) is 0.533. The number of likely N-dealkylation sites (tertiary alicyclic amines) is 1. The van der Waals surface area contributed by atoms with Crippen LogP contribution in [0.15, 0.2) is 18.2 Å². The molecular weight excluding hydrogens is 261 g/mol. The largest absolute Gasteiger partial charge is 0.494 e. The van der Waals surface area contributed by atoms with Gasteiger partial charge in [-0.1, -0.05) is 0 Å². The third kappa shape index (κ3) is 3.55. The highest BCUT2D eigenvalue weighted by Gasteiger charge is 2.28.